The minimum absolute atomic E-state index is 0.0304. The molecule has 0 saturated heterocycles. The van der Waals surface area contributed by atoms with Crippen molar-refractivity contribution in [1.82, 2.24) is 15.6 Å². The first-order valence-corrected chi connectivity index (χ1v) is 8.44. The Bertz CT molecular complexity index is 484. The second-order valence-corrected chi connectivity index (χ2v) is 6.28. The summed E-state index contributed by atoms with van der Waals surface area (Å²) >= 11 is 0. The van der Waals surface area contributed by atoms with Crippen LogP contribution in [-0.2, 0) is 16.1 Å². The van der Waals surface area contributed by atoms with Crippen LogP contribution in [0.3, 0.4) is 0 Å². The summed E-state index contributed by atoms with van der Waals surface area (Å²) < 4.78 is 0. The first-order chi connectivity index (χ1) is 11.0. The average Bonchev–Trinajstić information content (AvgIpc) is 2.53. The number of hydrogen-bond donors (Lipinski definition) is 2. The van der Waals surface area contributed by atoms with Gasteiger partial charge in [0.15, 0.2) is 0 Å². The number of carbonyl (C=O) groups is 2. The topological polar surface area (TPSA) is 71.1 Å². The van der Waals surface area contributed by atoms with E-state index in [0.717, 1.165) is 18.4 Å². The number of hydrogen-bond acceptors (Lipinski definition) is 3. The molecule has 0 aliphatic rings. The zero-order valence-corrected chi connectivity index (χ0v) is 14.6. The molecule has 0 aliphatic carbocycles. The molecule has 1 heterocycles. The molecule has 0 aliphatic heterocycles. The van der Waals surface area contributed by atoms with Gasteiger partial charge in [0.05, 0.1) is 0 Å². The molecule has 0 radical (unpaired) electrons. The minimum atomic E-state index is -0.486. The van der Waals surface area contributed by atoms with Gasteiger partial charge in [-0.3, -0.25) is 14.6 Å². The Morgan fingerprint density at radius 2 is 1.87 bits per heavy atom. The molecule has 1 rings (SSSR count). The Labute approximate surface area is 139 Å². The van der Waals surface area contributed by atoms with Gasteiger partial charge in [-0.25, -0.2) is 0 Å². The molecule has 0 aromatic carbocycles. The van der Waals surface area contributed by atoms with Crippen molar-refractivity contribution >= 4 is 11.8 Å². The molecule has 128 valence electrons. The summed E-state index contributed by atoms with van der Waals surface area (Å²) in [4.78, 5) is 28.7. The van der Waals surface area contributed by atoms with Crippen molar-refractivity contribution in [2.24, 2.45) is 11.8 Å². The normalized spacial score (nSPS) is 12.3. The second-order valence-electron chi connectivity index (χ2n) is 6.28. The van der Waals surface area contributed by atoms with Crippen LogP contribution in [0.5, 0.6) is 0 Å². The molecule has 1 aromatic rings. The first-order valence-electron chi connectivity index (χ1n) is 8.44. The van der Waals surface area contributed by atoms with Gasteiger partial charge in [0.25, 0.3) is 0 Å². The predicted octanol–water partition coefficient (Wildman–Crippen LogP) is 2.66. The number of carbonyl (C=O) groups excluding carboxylic acids is 2. The number of amides is 2. The Balaban J connectivity index is 2.65. The summed E-state index contributed by atoms with van der Waals surface area (Å²) in [7, 11) is 0. The molecule has 0 spiro atoms. The number of pyridine rings is 1. The highest BCUT2D eigenvalue weighted by molar-refractivity contribution is 5.88. The first kappa shape index (κ1) is 19.1. The fourth-order valence-corrected chi connectivity index (χ4v) is 2.47. The highest BCUT2D eigenvalue weighted by Gasteiger charge is 2.24. The highest BCUT2D eigenvalue weighted by atomic mass is 16.2. The van der Waals surface area contributed by atoms with Crippen LogP contribution in [0.25, 0.3) is 0 Å². The summed E-state index contributed by atoms with van der Waals surface area (Å²) in [5, 5.41) is 5.81. The van der Waals surface area contributed by atoms with E-state index >= 15 is 0 Å². The third kappa shape index (κ3) is 6.80. The Kier molecular flexibility index (Phi) is 8.30. The standard InChI is InChI=1S/C18H29N3O2/c1-5-15(6-2)17(22)21-16(10-13(3)4)18(23)20-12-14-8-7-9-19-11-14/h7-9,11,13,15-16H,5-6,10,12H2,1-4H3,(H,20,23)(H,21,22)/t16-/m0/s1. The van der Waals surface area contributed by atoms with E-state index in [4.69, 9.17) is 0 Å². The zero-order chi connectivity index (χ0) is 17.2. The molecule has 5 nitrogen and oxygen atoms in total. The van der Waals surface area contributed by atoms with E-state index in [-0.39, 0.29) is 17.7 Å². The maximum absolute atomic E-state index is 12.4. The summed E-state index contributed by atoms with van der Waals surface area (Å²) in [6.07, 6.45) is 5.62. The van der Waals surface area contributed by atoms with Crippen LogP contribution in [0.4, 0.5) is 0 Å². The van der Waals surface area contributed by atoms with E-state index in [0.29, 0.717) is 18.9 Å². The van der Waals surface area contributed by atoms with Gasteiger partial charge < -0.3 is 10.6 Å². The lowest BCUT2D eigenvalue weighted by Crippen LogP contribution is -2.48. The minimum Gasteiger partial charge on any atom is -0.350 e. The Morgan fingerprint density at radius 1 is 1.17 bits per heavy atom. The average molecular weight is 319 g/mol. The SMILES string of the molecule is CCC(CC)C(=O)N[C@@H](CC(C)C)C(=O)NCc1cccnc1. The molecule has 0 fully saturated rings. The molecular formula is C18H29N3O2. The number of aromatic nitrogens is 1. The van der Waals surface area contributed by atoms with Crippen molar-refractivity contribution in [3.05, 3.63) is 30.1 Å². The lowest BCUT2D eigenvalue weighted by Gasteiger charge is -2.22. The van der Waals surface area contributed by atoms with Crippen molar-refractivity contribution < 1.29 is 9.59 Å². The fraction of sp³-hybridized carbons (Fsp3) is 0.611. The number of rotatable bonds is 9. The van der Waals surface area contributed by atoms with Gasteiger partial charge in [-0.2, -0.15) is 0 Å². The van der Waals surface area contributed by atoms with Crippen LogP contribution in [0, 0.1) is 11.8 Å². The number of nitrogens with one attached hydrogen (secondary N) is 2. The summed E-state index contributed by atoms with van der Waals surface area (Å²) in [5.74, 6) is 0.126. The van der Waals surface area contributed by atoms with E-state index in [2.05, 4.69) is 15.6 Å². The van der Waals surface area contributed by atoms with Gasteiger partial charge in [0, 0.05) is 24.9 Å². The van der Waals surface area contributed by atoms with Gasteiger partial charge in [0.1, 0.15) is 6.04 Å². The van der Waals surface area contributed by atoms with Gasteiger partial charge in [-0.05, 0) is 36.8 Å². The Morgan fingerprint density at radius 3 is 2.39 bits per heavy atom. The smallest absolute Gasteiger partial charge is 0.242 e. The molecule has 0 bridgehead atoms. The van der Waals surface area contributed by atoms with Crippen LogP contribution in [0.1, 0.15) is 52.5 Å². The van der Waals surface area contributed by atoms with E-state index in [1.165, 1.54) is 0 Å². The molecule has 0 unspecified atom stereocenters. The molecule has 1 atom stereocenters. The van der Waals surface area contributed by atoms with Crippen LogP contribution in [-0.4, -0.2) is 22.8 Å². The molecule has 23 heavy (non-hydrogen) atoms. The fourth-order valence-electron chi connectivity index (χ4n) is 2.47. The molecule has 0 saturated carbocycles. The van der Waals surface area contributed by atoms with Crippen molar-refractivity contribution in [1.29, 1.82) is 0 Å². The van der Waals surface area contributed by atoms with Gasteiger partial charge in [0.2, 0.25) is 11.8 Å². The quantitative estimate of drug-likeness (QED) is 0.735. The van der Waals surface area contributed by atoms with E-state index in [9.17, 15) is 9.59 Å². The van der Waals surface area contributed by atoms with Crippen LogP contribution >= 0.6 is 0 Å². The molecule has 1 aromatic heterocycles. The van der Waals surface area contributed by atoms with Crippen molar-refractivity contribution in [3.8, 4) is 0 Å². The molecular weight excluding hydrogens is 290 g/mol. The summed E-state index contributed by atoms with van der Waals surface area (Å²) in [6.45, 7) is 8.50. The summed E-state index contributed by atoms with van der Waals surface area (Å²) in [6, 6.07) is 3.26. The molecule has 2 amide bonds. The predicted molar refractivity (Wildman–Crippen MR) is 91.5 cm³/mol. The lowest BCUT2D eigenvalue weighted by atomic mass is 9.99. The van der Waals surface area contributed by atoms with E-state index in [1.54, 1.807) is 12.4 Å². The number of nitrogens with zero attached hydrogens (tertiary/aromatic N) is 1. The molecule has 2 N–H and O–H groups in total. The molecule has 5 heteroatoms. The second kappa shape index (κ2) is 9.98. The summed E-state index contributed by atoms with van der Waals surface area (Å²) in [5.41, 5.74) is 0.940. The largest absolute Gasteiger partial charge is 0.350 e. The lowest BCUT2D eigenvalue weighted by molar-refractivity contribution is -0.131. The third-order valence-corrected chi connectivity index (χ3v) is 3.89. The monoisotopic (exact) mass is 319 g/mol. The van der Waals surface area contributed by atoms with E-state index < -0.39 is 6.04 Å². The maximum Gasteiger partial charge on any atom is 0.242 e. The third-order valence-electron chi connectivity index (χ3n) is 3.89. The Hall–Kier alpha value is -1.91. The highest BCUT2D eigenvalue weighted by Crippen LogP contribution is 2.11. The zero-order valence-electron chi connectivity index (χ0n) is 14.6. The van der Waals surface area contributed by atoms with Crippen LogP contribution in [0.15, 0.2) is 24.5 Å². The van der Waals surface area contributed by atoms with Crippen LogP contribution < -0.4 is 10.6 Å². The van der Waals surface area contributed by atoms with Crippen molar-refractivity contribution in [2.75, 3.05) is 0 Å². The van der Waals surface area contributed by atoms with Crippen LogP contribution in [0.2, 0.25) is 0 Å². The van der Waals surface area contributed by atoms with Crippen molar-refractivity contribution in [3.63, 3.8) is 0 Å². The van der Waals surface area contributed by atoms with Gasteiger partial charge in [-0.15, -0.1) is 0 Å². The van der Waals surface area contributed by atoms with Gasteiger partial charge in [-0.1, -0.05) is 33.8 Å². The van der Waals surface area contributed by atoms with Crippen molar-refractivity contribution in [2.45, 2.75) is 59.5 Å². The van der Waals surface area contributed by atoms with E-state index in [1.807, 2.05) is 39.8 Å². The van der Waals surface area contributed by atoms with Gasteiger partial charge >= 0.3 is 0 Å². The maximum atomic E-state index is 12.4.